The lowest BCUT2D eigenvalue weighted by atomic mass is 9.93. The monoisotopic (exact) mass is 312 g/mol. The maximum absolute atomic E-state index is 12.0. The van der Waals surface area contributed by atoms with Gasteiger partial charge in [0.2, 0.25) is 10.0 Å². The summed E-state index contributed by atoms with van der Waals surface area (Å²) in [5.74, 6) is 1.05. The number of benzene rings is 1. The normalized spacial score (nSPS) is 16.9. The van der Waals surface area contributed by atoms with Gasteiger partial charge in [-0.25, -0.2) is 13.1 Å². The van der Waals surface area contributed by atoms with E-state index in [1.54, 1.807) is 24.3 Å². The van der Waals surface area contributed by atoms with Gasteiger partial charge in [-0.3, -0.25) is 0 Å². The zero-order valence-electron chi connectivity index (χ0n) is 12.6. The fraction of sp³-hybridized carbons (Fsp3) is 0.600. The van der Waals surface area contributed by atoms with Crippen LogP contribution in [0.3, 0.4) is 0 Å². The standard InChI is InChI=1S/C15H24N2O3S/c1-12(2)15(6-7-15)11-17-21(18,19)9-8-20-14-5-3-4-13(16)10-14/h3-5,10,12,17H,6-9,11,16H2,1-2H3. The summed E-state index contributed by atoms with van der Waals surface area (Å²) in [4.78, 5) is 0. The lowest BCUT2D eigenvalue weighted by molar-refractivity contribution is 0.337. The summed E-state index contributed by atoms with van der Waals surface area (Å²) in [7, 11) is -3.29. The van der Waals surface area contributed by atoms with E-state index >= 15 is 0 Å². The summed E-state index contributed by atoms with van der Waals surface area (Å²) >= 11 is 0. The highest BCUT2D eigenvalue weighted by Gasteiger charge is 2.45. The van der Waals surface area contributed by atoms with Crippen molar-refractivity contribution in [3.05, 3.63) is 24.3 Å². The van der Waals surface area contributed by atoms with E-state index < -0.39 is 10.0 Å². The molecule has 3 N–H and O–H groups in total. The van der Waals surface area contributed by atoms with Crippen LogP contribution in [-0.2, 0) is 10.0 Å². The van der Waals surface area contributed by atoms with Gasteiger partial charge < -0.3 is 10.5 Å². The number of anilines is 1. The molecule has 21 heavy (non-hydrogen) atoms. The van der Waals surface area contributed by atoms with Gasteiger partial charge in [-0.15, -0.1) is 0 Å². The van der Waals surface area contributed by atoms with Crippen molar-refractivity contribution in [2.45, 2.75) is 26.7 Å². The molecule has 0 heterocycles. The Labute approximate surface area is 126 Å². The predicted molar refractivity (Wildman–Crippen MR) is 84.6 cm³/mol. The molecule has 0 unspecified atom stereocenters. The van der Waals surface area contributed by atoms with Gasteiger partial charge >= 0.3 is 0 Å². The maximum Gasteiger partial charge on any atom is 0.214 e. The number of nitrogens with two attached hydrogens (primary N) is 1. The van der Waals surface area contributed by atoms with Crippen LogP contribution in [0.2, 0.25) is 0 Å². The Morgan fingerprint density at radius 1 is 1.38 bits per heavy atom. The Morgan fingerprint density at radius 2 is 2.10 bits per heavy atom. The molecule has 118 valence electrons. The lowest BCUT2D eigenvalue weighted by Gasteiger charge is -2.20. The minimum Gasteiger partial charge on any atom is -0.492 e. The van der Waals surface area contributed by atoms with Crippen molar-refractivity contribution in [2.75, 3.05) is 24.6 Å². The zero-order chi connectivity index (χ0) is 15.5. The zero-order valence-corrected chi connectivity index (χ0v) is 13.4. The highest BCUT2D eigenvalue weighted by molar-refractivity contribution is 7.89. The smallest absolute Gasteiger partial charge is 0.214 e. The van der Waals surface area contributed by atoms with Gasteiger partial charge in [-0.1, -0.05) is 19.9 Å². The van der Waals surface area contributed by atoms with Crippen molar-refractivity contribution in [3.63, 3.8) is 0 Å². The molecule has 0 atom stereocenters. The molecule has 0 spiro atoms. The van der Waals surface area contributed by atoms with Gasteiger partial charge in [0, 0.05) is 18.3 Å². The van der Waals surface area contributed by atoms with Crippen LogP contribution in [-0.4, -0.2) is 27.3 Å². The molecule has 0 aliphatic heterocycles. The van der Waals surface area contributed by atoms with Crippen LogP contribution in [0.1, 0.15) is 26.7 Å². The molecule has 2 rings (SSSR count). The minimum absolute atomic E-state index is 0.0457. The van der Waals surface area contributed by atoms with E-state index in [1.165, 1.54) is 0 Å². The van der Waals surface area contributed by atoms with E-state index in [2.05, 4.69) is 18.6 Å². The average molecular weight is 312 g/mol. The first-order chi connectivity index (χ1) is 9.83. The topological polar surface area (TPSA) is 81.4 Å². The molecular weight excluding hydrogens is 288 g/mol. The first kappa shape index (κ1) is 16.1. The van der Waals surface area contributed by atoms with E-state index in [1.807, 2.05) is 0 Å². The molecule has 0 bridgehead atoms. The second kappa shape index (κ2) is 6.23. The van der Waals surface area contributed by atoms with Gasteiger partial charge in [0.25, 0.3) is 0 Å². The second-order valence-corrected chi connectivity index (χ2v) is 8.00. The van der Waals surface area contributed by atoms with Gasteiger partial charge in [-0.05, 0) is 36.3 Å². The Balaban J connectivity index is 1.77. The molecule has 0 amide bonds. The fourth-order valence-electron chi connectivity index (χ4n) is 2.32. The molecule has 1 aliphatic carbocycles. The summed E-state index contributed by atoms with van der Waals surface area (Å²) in [6.45, 7) is 4.94. The molecule has 5 nitrogen and oxygen atoms in total. The van der Waals surface area contributed by atoms with E-state index in [0.29, 0.717) is 23.9 Å². The van der Waals surface area contributed by atoms with Gasteiger partial charge in [-0.2, -0.15) is 0 Å². The molecule has 1 saturated carbocycles. The first-order valence-electron chi connectivity index (χ1n) is 7.29. The fourth-order valence-corrected chi connectivity index (χ4v) is 3.27. The third-order valence-corrected chi connectivity index (χ3v) is 5.53. The van der Waals surface area contributed by atoms with Crippen LogP contribution >= 0.6 is 0 Å². The number of nitrogen functional groups attached to an aromatic ring is 1. The van der Waals surface area contributed by atoms with Gasteiger partial charge in [0.1, 0.15) is 12.4 Å². The van der Waals surface area contributed by atoms with Crippen LogP contribution in [0.25, 0.3) is 0 Å². The predicted octanol–water partition coefficient (Wildman–Crippen LogP) is 2.00. The Kier molecular flexibility index (Phi) is 4.78. The quantitative estimate of drug-likeness (QED) is 0.719. The van der Waals surface area contributed by atoms with Crippen LogP contribution in [0.5, 0.6) is 5.75 Å². The van der Waals surface area contributed by atoms with Crippen molar-refractivity contribution >= 4 is 15.7 Å². The van der Waals surface area contributed by atoms with Crippen molar-refractivity contribution in [1.29, 1.82) is 0 Å². The SMILES string of the molecule is CC(C)C1(CNS(=O)(=O)CCOc2cccc(N)c2)CC1. The Hall–Kier alpha value is -1.27. The third kappa shape index (κ3) is 4.61. The van der Waals surface area contributed by atoms with E-state index in [9.17, 15) is 8.42 Å². The molecule has 6 heteroatoms. The summed E-state index contributed by atoms with van der Waals surface area (Å²) in [6.07, 6.45) is 2.21. The molecule has 1 aromatic carbocycles. The van der Waals surface area contributed by atoms with Crippen LogP contribution in [0, 0.1) is 11.3 Å². The molecule has 0 aromatic heterocycles. The molecule has 1 aromatic rings. The summed E-state index contributed by atoms with van der Waals surface area (Å²) in [6, 6.07) is 6.97. The highest BCUT2D eigenvalue weighted by Crippen LogP contribution is 2.51. The van der Waals surface area contributed by atoms with Crippen LogP contribution < -0.4 is 15.2 Å². The lowest BCUT2D eigenvalue weighted by Crippen LogP contribution is -2.35. The van der Waals surface area contributed by atoms with Crippen molar-refractivity contribution in [1.82, 2.24) is 4.72 Å². The number of ether oxygens (including phenoxy) is 1. The number of sulfonamides is 1. The Morgan fingerprint density at radius 3 is 2.67 bits per heavy atom. The van der Waals surface area contributed by atoms with Crippen molar-refractivity contribution < 1.29 is 13.2 Å². The minimum atomic E-state index is -3.29. The van der Waals surface area contributed by atoms with Gasteiger partial charge in [0.05, 0.1) is 5.75 Å². The molecule has 0 radical (unpaired) electrons. The van der Waals surface area contributed by atoms with Crippen molar-refractivity contribution in [2.24, 2.45) is 11.3 Å². The second-order valence-electron chi connectivity index (χ2n) is 6.08. The van der Waals surface area contributed by atoms with Crippen LogP contribution in [0.15, 0.2) is 24.3 Å². The number of hydrogen-bond donors (Lipinski definition) is 2. The van der Waals surface area contributed by atoms with Crippen LogP contribution in [0.4, 0.5) is 5.69 Å². The molecule has 1 aliphatic rings. The van der Waals surface area contributed by atoms with Gasteiger partial charge in [0.15, 0.2) is 0 Å². The molecular formula is C15H24N2O3S. The van der Waals surface area contributed by atoms with Crippen molar-refractivity contribution in [3.8, 4) is 5.75 Å². The van der Waals surface area contributed by atoms with E-state index in [0.717, 1.165) is 12.8 Å². The maximum atomic E-state index is 12.0. The number of hydrogen-bond acceptors (Lipinski definition) is 4. The summed E-state index contributed by atoms with van der Waals surface area (Å²) < 4.78 is 32.1. The molecule has 1 fully saturated rings. The Bertz CT molecular complexity index is 580. The third-order valence-electron chi connectivity index (χ3n) is 4.24. The highest BCUT2D eigenvalue weighted by atomic mass is 32.2. The average Bonchev–Trinajstić information content (AvgIpc) is 3.18. The summed E-state index contributed by atoms with van der Waals surface area (Å²) in [5, 5.41) is 0. The number of nitrogens with one attached hydrogen (secondary N) is 1. The molecule has 0 saturated heterocycles. The largest absolute Gasteiger partial charge is 0.492 e. The first-order valence-corrected chi connectivity index (χ1v) is 8.94. The summed E-state index contributed by atoms with van der Waals surface area (Å²) in [5.41, 5.74) is 6.40. The van der Waals surface area contributed by atoms with E-state index in [4.69, 9.17) is 10.5 Å². The number of rotatable bonds is 8. The van der Waals surface area contributed by atoms with E-state index in [-0.39, 0.29) is 17.8 Å².